The highest BCUT2D eigenvalue weighted by Gasteiger charge is 2.11. The average Bonchev–Trinajstić information content (AvgIpc) is 3.20. The van der Waals surface area contributed by atoms with Gasteiger partial charge in [-0.05, 0) is 48.5 Å². The van der Waals surface area contributed by atoms with Crippen LogP contribution in [0.5, 0.6) is 11.5 Å². The minimum atomic E-state index is -0.271. The Labute approximate surface area is 165 Å². The van der Waals surface area contributed by atoms with Crippen LogP contribution in [0.25, 0.3) is 0 Å². The van der Waals surface area contributed by atoms with Crippen molar-refractivity contribution in [1.29, 1.82) is 0 Å². The summed E-state index contributed by atoms with van der Waals surface area (Å²) in [5.41, 5.74) is 1.83. The molecule has 0 saturated heterocycles. The molecule has 7 heteroatoms. The molecule has 2 aromatic heterocycles. The fourth-order valence-electron chi connectivity index (χ4n) is 2.42. The SMILES string of the molecule is O=C(Nc1ccc(Oc2ccccc2)cc1)c1csc(Nc2cccnc2)n1. The molecule has 0 saturated carbocycles. The summed E-state index contributed by atoms with van der Waals surface area (Å²) in [6, 6.07) is 20.4. The Bertz CT molecular complexity index is 1050. The predicted molar refractivity (Wildman–Crippen MR) is 111 cm³/mol. The number of nitrogens with zero attached hydrogens (tertiary/aromatic N) is 2. The predicted octanol–water partition coefficient (Wildman–Crippen LogP) is 5.33. The van der Waals surface area contributed by atoms with Crippen LogP contribution in [0.1, 0.15) is 10.5 Å². The fraction of sp³-hybridized carbons (Fsp3) is 0. The number of carbonyl (C=O) groups excluding carboxylic acids is 1. The molecule has 6 nitrogen and oxygen atoms in total. The van der Waals surface area contributed by atoms with Gasteiger partial charge in [-0.1, -0.05) is 18.2 Å². The Kier molecular flexibility index (Phi) is 5.26. The molecule has 138 valence electrons. The number of carbonyl (C=O) groups is 1. The summed E-state index contributed by atoms with van der Waals surface area (Å²) in [5.74, 6) is 1.18. The molecule has 1 amide bonds. The summed E-state index contributed by atoms with van der Waals surface area (Å²) in [5, 5.41) is 8.30. The molecule has 2 N–H and O–H groups in total. The van der Waals surface area contributed by atoms with Crippen LogP contribution in [0.4, 0.5) is 16.5 Å². The summed E-state index contributed by atoms with van der Waals surface area (Å²) >= 11 is 1.36. The van der Waals surface area contributed by atoms with Gasteiger partial charge in [0.1, 0.15) is 17.2 Å². The Morgan fingerprint density at radius 2 is 1.68 bits per heavy atom. The lowest BCUT2D eigenvalue weighted by Crippen LogP contribution is -2.12. The number of aromatic nitrogens is 2. The standard InChI is InChI=1S/C21H16N4O2S/c26-20(19-14-28-21(25-19)24-16-5-4-12-22-13-16)23-15-8-10-18(11-9-15)27-17-6-2-1-3-7-17/h1-14H,(H,23,26)(H,24,25). The number of ether oxygens (including phenoxy) is 1. The summed E-state index contributed by atoms with van der Waals surface area (Å²) in [6.45, 7) is 0. The van der Waals surface area contributed by atoms with Crippen molar-refractivity contribution in [2.45, 2.75) is 0 Å². The second-order valence-corrected chi connectivity index (χ2v) is 6.66. The van der Waals surface area contributed by atoms with Crippen molar-refractivity contribution < 1.29 is 9.53 Å². The average molecular weight is 388 g/mol. The van der Waals surface area contributed by atoms with Gasteiger partial charge in [0, 0.05) is 17.3 Å². The van der Waals surface area contributed by atoms with E-state index in [1.807, 2.05) is 42.5 Å². The third-order valence-corrected chi connectivity index (χ3v) is 4.50. The molecule has 0 aliphatic rings. The van der Waals surface area contributed by atoms with Crippen molar-refractivity contribution in [3.05, 3.63) is 90.2 Å². The lowest BCUT2D eigenvalue weighted by atomic mass is 10.3. The van der Waals surface area contributed by atoms with Gasteiger partial charge >= 0.3 is 0 Å². The van der Waals surface area contributed by atoms with E-state index in [2.05, 4.69) is 20.6 Å². The lowest BCUT2D eigenvalue weighted by molar-refractivity contribution is 0.102. The molecule has 4 aromatic rings. The monoisotopic (exact) mass is 388 g/mol. The molecule has 0 aliphatic heterocycles. The van der Waals surface area contributed by atoms with Gasteiger partial charge in [-0.3, -0.25) is 9.78 Å². The normalized spacial score (nSPS) is 10.3. The van der Waals surface area contributed by atoms with Crippen molar-refractivity contribution in [2.24, 2.45) is 0 Å². The molecule has 0 radical (unpaired) electrons. The summed E-state index contributed by atoms with van der Waals surface area (Å²) < 4.78 is 5.75. The van der Waals surface area contributed by atoms with Gasteiger partial charge in [-0.25, -0.2) is 4.98 Å². The van der Waals surface area contributed by atoms with Gasteiger partial charge in [0.2, 0.25) is 0 Å². The number of pyridine rings is 1. The Balaban J connectivity index is 1.37. The van der Waals surface area contributed by atoms with Crippen LogP contribution in [0, 0.1) is 0 Å². The molecule has 2 aromatic carbocycles. The number of hydrogen-bond acceptors (Lipinski definition) is 6. The zero-order valence-electron chi connectivity index (χ0n) is 14.7. The van der Waals surface area contributed by atoms with Crippen LogP contribution in [-0.2, 0) is 0 Å². The van der Waals surface area contributed by atoms with Crippen LogP contribution in [0.2, 0.25) is 0 Å². The molecule has 0 atom stereocenters. The molecule has 4 rings (SSSR count). The van der Waals surface area contributed by atoms with Crippen molar-refractivity contribution >= 4 is 33.8 Å². The van der Waals surface area contributed by atoms with Crippen LogP contribution >= 0.6 is 11.3 Å². The third kappa shape index (κ3) is 4.52. The second-order valence-electron chi connectivity index (χ2n) is 5.80. The molecule has 2 heterocycles. The van der Waals surface area contributed by atoms with Crippen molar-refractivity contribution in [3.63, 3.8) is 0 Å². The molecule has 0 spiro atoms. The van der Waals surface area contributed by atoms with Crippen LogP contribution in [-0.4, -0.2) is 15.9 Å². The maximum atomic E-state index is 12.4. The first-order valence-electron chi connectivity index (χ1n) is 8.53. The lowest BCUT2D eigenvalue weighted by Gasteiger charge is -2.07. The molecule has 0 unspecified atom stereocenters. The number of amides is 1. The molecular weight excluding hydrogens is 372 g/mol. The topological polar surface area (TPSA) is 76.1 Å². The first-order valence-corrected chi connectivity index (χ1v) is 9.41. The summed E-state index contributed by atoms with van der Waals surface area (Å²) in [4.78, 5) is 20.8. The van der Waals surface area contributed by atoms with E-state index < -0.39 is 0 Å². The Morgan fingerprint density at radius 3 is 2.43 bits per heavy atom. The zero-order valence-corrected chi connectivity index (χ0v) is 15.5. The highest BCUT2D eigenvalue weighted by atomic mass is 32.1. The molecule has 0 fully saturated rings. The first-order chi connectivity index (χ1) is 13.8. The van der Waals surface area contributed by atoms with Crippen LogP contribution < -0.4 is 15.4 Å². The second kappa shape index (κ2) is 8.32. The van der Waals surface area contributed by atoms with Gasteiger partial charge in [0.15, 0.2) is 5.13 Å². The quantitative estimate of drug-likeness (QED) is 0.467. The van der Waals surface area contributed by atoms with Gasteiger partial charge in [-0.2, -0.15) is 0 Å². The molecule has 28 heavy (non-hydrogen) atoms. The molecule has 0 aliphatic carbocycles. The number of hydrogen-bond donors (Lipinski definition) is 2. The van der Waals surface area contributed by atoms with Gasteiger partial charge in [-0.15, -0.1) is 11.3 Å². The van der Waals surface area contributed by atoms with Crippen LogP contribution in [0.3, 0.4) is 0 Å². The smallest absolute Gasteiger partial charge is 0.275 e. The Morgan fingerprint density at radius 1 is 0.893 bits per heavy atom. The number of rotatable bonds is 6. The van der Waals surface area contributed by atoms with E-state index in [-0.39, 0.29) is 5.91 Å². The van der Waals surface area contributed by atoms with E-state index in [4.69, 9.17) is 4.74 Å². The van der Waals surface area contributed by atoms with Gasteiger partial charge in [0.05, 0.1) is 11.9 Å². The third-order valence-electron chi connectivity index (χ3n) is 3.74. The largest absolute Gasteiger partial charge is 0.457 e. The van der Waals surface area contributed by atoms with E-state index in [0.29, 0.717) is 22.3 Å². The van der Waals surface area contributed by atoms with Crippen molar-refractivity contribution in [1.82, 2.24) is 9.97 Å². The number of thiazole rings is 1. The molecular formula is C21H16N4O2S. The van der Waals surface area contributed by atoms with E-state index in [0.717, 1.165) is 11.4 Å². The minimum absolute atomic E-state index is 0.271. The van der Waals surface area contributed by atoms with Crippen LogP contribution in [0.15, 0.2) is 84.5 Å². The van der Waals surface area contributed by atoms with E-state index in [1.54, 1.807) is 42.0 Å². The maximum Gasteiger partial charge on any atom is 0.275 e. The van der Waals surface area contributed by atoms with Crippen molar-refractivity contribution in [3.8, 4) is 11.5 Å². The minimum Gasteiger partial charge on any atom is -0.457 e. The summed E-state index contributed by atoms with van der Waals surface area (Å²) in [7, 11) is 0. The van der Waals surface area contributed by atoms with E-state index in [1.165, 1.54) is 11.3 Å². The maximum absolute atomic E-state index is 12.4. The van der Waals surface area contributed by atoms with Gasteiger partial charge < -0.3 is 15.4 Å². The highest BCUT2D eigenvalue weighted by molar-refractivity contribution is 7.14. The number of nitrogens with one attached hydrogen (secondary N) is 2. The first kappa shape index (κ1) is 17.7. The Hall–Kier alpha value is -3.71. The summed E-state index contributed by atoms with van der Waals surface area (Å²) in [6.07, 6.45) is 3.39. The van der Waals surface area contributed by atoms with Gasteiger partial charge in [0.25, 0.3) is 5.91 Å². The van der Waals surface area contributed by atoms with Crippen molar-refractivity contribution in [2.75, 3.05) is 10.6 Å². The highest BCUT2D eigenvalue weighted by Crippen LogP contribution is 2.24. The fourth-order valence-corrected chi connectivity index (χ4v) is 3.13. The van der Waals surface area contributed by atoms with E-state index >= 15 is 0 Å². The number of para-hydroxylation sites is 1. The van der Waals surface area contributed by atoms with E-state index in [9.17, 15) is 4.79 Å². The number of anilines is 3. The zero-order chi connectivity index (χ0) is 19.2. The molecule has 0 bridgehead atoms. The number of benzene rings is 2.